The Bertz CT molecular complexity index is 821. The lowest BCUT2D eigenvalue weighted by Gasteiger charge is -2.15. The maximum atomic E-state index is 12.8. The van der Waals surface area contributed by atoms with E-state index in [1.807, 2.05) is 13.8 Å². The van der Waals surface area contributed by atoms with Crippen LogP contribution in [0.25, 0.3) is 0 Å². The summed E-state index contributed by atoms with van der Waals surface area (Å²) >= 11 is 2.06. The smallest absolute Gasteiger partial charge is 0.256 e. The van der Waals surface area contributed by atoms with Crippen LogP contribution in [0.3, 0.4) is 0 Å². The Balaban J connectivity index is 2.33. The van der Waals surface area contributed by atoms with E-state index in [2.05, 4.69) is 33.2 Å². The average Bonchev–Trinajstić information content (AvgIpc) is 2.61. The summed E-state index contributed by atoms with van der Waals surface area (Å²) in [7, 11) is 3.05. The molecule has 0 fully saturated rings. The van der Waals surface area contributed by atoms with Crippen LogP contribution >= 0.6 is 22.6 Å². The molecule has 138 valence electrons. The van der Waals surface area contributed by atoms with Crippen LogP contribution in [-0.4, -0.2) is 32.1 Å². The van der Waals surface area contributed by atoms with Gasteiger partial charge in [0, 0.05) is 9.61 Å². The Morgan fingerprint density at radius 3 is 2.19 bits per heavy atom. The molecule has 6 nitrogen and oxygen atoms in total. The number of amides is 2. The average molecular weight is 468 g/mol. The van der Waals surface area contributed by atoms with Crippen molar-refractivity contribution in [2.45, 2.75) is 19.9 Å². The fourth-order valence-corrected chi connectivity index (χ4v) is 3.03. The van der Waals surface area contributed by atoms with Crippen molar-refractivity contribution in [1.82, 2.24) is 5.32 Å². The van der Waals surface area contributed by atoms with Crippen LogP contribution in [0.5, 0.6) is 11.5 Å². The molecule has 0 heterocycles. The number of benzene rings is 2. The minimum atomic E-state index is -0.333. The van der Waals surface area contributed by atoms with Crippen LogP contribution in [0.4, 0.5) is 5.69 Å². The second-order valence-electron chi connectivity index (χ2n) is 5.81. The fraction of sp³-hybridized carbons (Fsp3) is 0.263. The van der Waals surface area contributed by atoms with Gasteiger partial charge in [-0.25, -0.2) is 0 Å². The van der Waals surface area contributed by atoms with Gasteiger partial charge in [-0.05, 0) is 60.7 Å². The SMILES string of the molecule is COc1cc(I)c(C(=O)Nc2ccccc2C(=O)NC(C)C)cc1OC. The normalized spacial score (nSPS) is 10.4. The Hall–Kier alpha value is -2.29. The van der Waals surface area contributed by atoms with Crippen molar-refractivity contribution in [2.75, 3.05) is 19.5 Å². The zero-order chi connectivity index (χ0) is 19.3. The highest BCUT2D eigenvalue weighted by Gasteiger charge is 2.18. The molecule has 26 heavy (non-hydrogen) atoms. The minimum absolute atomic E-state index is 0.00180. The maximum absolute atomic E-state index is 12.8. The zero-order valence-corrected chi connectivity index (χ0v) is 17.2. The summed E-state index contributed by atoms with van der Waals surface area (Å²) in [6.07, 6.45) is 0. The number of para-hydroxylation sites is 1. The number of anilines is 1. The van der Waals surface area contributed by atoms with Crippen molar-refractivity contribution < 1.29 is 19.1 Å². The molecule has 0 aliphatic carbocycles. The molecule has 0 aliphatic heterocycles. The summed E-state index contributed by atoms with van der Waals surface area (Å²) in [6, 6.07) is 10.2. The second kappa shape index (κ2) is 8.88. The molecule has 7 heteroatoms. The molecule has 2 aromatic rings. The standard InChI is InChI=1S/C19H21IN2O4/c1-11(2)21-18(23)12-7-5-6-8-15(12)22-19(24)13-9-16(25-3)17(26-4)10-14(13)20/h5-11H,1-4H3,(H,21,23)(H,22,24). The van der Waals surface area contributed by atoms with Crippen molar-refractivity contribution in [3.63, 3.8) is 0 Å². The number of ether oxygens (including phenoxy) is 2. The zero-order valence-electron chi connectivity index (χ0n) is 15.1. The molecular weight excluding hydrogens is 447 g/mol. The van der Waals surface area contributed by atoms with E-state index in [4.69, 9.17) is 9.47 Å². The van der Waals surface area contributed by atoms with Crippen molar-refractivity contribution >= 4 is 40.1 Å². The lowest BCUT2D eigenvalue weighted by molar-refractivity contribution is 0.0944. The highest BCUT2D eigenvalue weighted by molar-refractivity contribution is 14.1. The molecule has 2 rings (SSSR count). The second-order valence-corrected chi connectivity index (χ2v) is 6.98. The number of methoxy groups -OCH3 is 2. The molecule has 0 atom stereocenters. The first-order valence-corrected chi connectivity index (χ1v) is 9.08. The molecular formula is C19H21IN2O4. The molecule has 0 aliphatic rings. The van der Waals surface area contributed by atoms with Gasteiger partial charge < -0.3 is 20.1 Å². The quantitative estimate of drug-likeness (QED) is 0.635. The largest absolute Gasteiger partial charge is 0.493 e. The minimum Gasteiger partial charge on any atom is -0.493 e. The van der Waals surface area contributed by atoms with Crippen molar-refractivity contribution in [2.24, 2.45) is 0 Å². The Morgan fingerprint density at radius 1 is 0.962 bits per heavy atom. The van der Waals surface area contributed by atoms with E-state index in [-0.39, 0.29) is 17.9 Å². The molecule has 0 aromatic heterocycles. The van der Waals surface area contributed by atoms with Crippen LogP contribution < -0.4 is 20.1 Å². The van der Waals surface area contributed by atoms with Crippen LogP contribution in [0.15, 0.2) is 36.4 Å². The summed E-state index contributed by atoms with van der Waals surface area (Å²) in [4.78, 5) is 25.1. The lowest BCUT2D eigenvalue weighted by Crippen LogP contribution is -2.31. The van der Waals surface area contributed by atoms with E-state index >= 15 is 0 Å². The fourth-order valence-electron chi connectivity index (χ4n) is 2.35. The third-order valence-corrected chi connectivity index (χ3v) is 4.45. The van der Waals surface area contributed by atoms with E-state index in [1.165, 1.54) is 14.2 Å². The summed E-state index contributed by atoms with van der Waals surface area (Å²) in [5, 5.41) is 5.64. The molecule has 0 unspecified atom stereocenters. The number of halogens is 1. The molecule has 0 bridgehead atoms. The van der Waals surface area contributed by atoms with Crippen molar-refractivity contribution in [1.29, 1.82) is 0 Å². The van der Waals surface area contributed by atoms with E-state index < -0.39 is 0 Å². The summed E-state index contributed by atoms with van der Waals surface area (Å²) in [5.74, 6) is 0.437. The van der Waals surface area contributed by atoms with E-state index in [1.54, 1.807) is 36.4 Å². The van der Waals surface area contributed by atoms with Gasteiger partial charge in [-0.2, -0.15) is 0 Å². The van der Waals surface area contributed by atoms with E-state index in [0.717, 1.165) is 0 Å². The number of rotatable bonds is 6. The van der Waals surface area contributed by atoms with Gasteiger partial charge >= 0.3 is 0 Å². The number of nitrogens with one attached hydrogen (secondary N) is 2. The van der Waals surface area contributed by atoms with Crippen molar-refractivity contribution in [3.8, 4) is 11.5 Å². The lowest BCUT2D eigenvalue weighted by atomic mass is 10.1. The summed E-state index contributed by atoms with van der Waals surface area (Å²) in [6.45, 7) is 3.76. The highest BCUT2D eigenvalue weighted by Crippen LogP contribution is 2.31. The molecule has 0 saturated carbocycles. The summed E-state index contributed by atoms with van der Waals surface area (Å²) in [5.41, 5.74) is 1.29. The van der Waals surface area contributed by atoms with Crippen LogP contribution in [0.2, 0.25) is 0 Å². The Kier molecular flexibility index (Phi) is 6.84. The maximum Gasteiger partial charge on any atom is 0.256 e. The monoisotopic (exact) mass is 468 g/mol. The van der Waals surface area contributed by atoms with Crippen LogP contribution in [0.1, 0.15) is 34.6 Å². The van der Waals surface area contributed by atoms with Gasteiger partial charge in [0.2, 0.25) is 0 Å². The van der Waals surface area contributed by atoms with Gasteiger partial charge in [0.1, 0.15) is 0 Å². The predicted octanol–water partition coefficient (Wildman–Crippen LogP) is 3.70. The number of hydrogen-bond donors (Lipinski definition) is 2. The molecule has 2 aromatic carbocycles. The van der Waals surface area contributed by atoms with Gasteiger partial charge in [0.25, 0.3) is 11.8 Å². The Morgan fingerprint density at radius 2 is 1.58 bits per heavy atom. The van der Waals surface area contributed by atoms with Crippen LogP contribution in [0, 0.1) is 3.57 Å². The van der Waals surface area contributed by atoms with E-state index in [0.29, 0.717) is 31.9 Å². The molecule has 0 radical (unpaired) electrons. The number of carbonyl (C=O) groups excluding carboxylic acids is 2. The first kappa shape index (κ1) is 20.0. The highest BCUT2D eigenvalue weighted by atomic mass is 127. The Labute approximate surface area is 166 Å². The first-order chi connectivity index (χ1) is 12.4. The molecule has 2 amide bonds. The third kappa shape index (κ3) is 4.66. The topological polar surface area (TPSA) is 76.7 Å². The van der Waals surface area contributed by atoms with Crippen LogP contribution in [-0.2, 0) is 0 Å². The van der Waals surface area contributed by atoms with Gasteiger partial charge in [-0.3, -0.25) is 9.59 Å². The first-order valence-electron chi connectivity index (χ1n) is 8.00. The van der Waals surface area contributed by atoms with Gasteiger partial charge in [0.15, 0.2) is 11.5 Å². The third-order valence-electron chi connectivity index (χ3n) is 3.56. The summed E-state index contributed by atoms with van der Waals surface area (Å²) < 4.78 is 11.2. The van der Waals surface area contributed by atoms with Gasteiger partial charge in [-0.15, -0.1) is 0 Å². The molecule has 0 spiro atoms. The van der Waals surface area contributed by atoms with Crippen molar-refractivity contribution in [3.05, 3.63) is 51.1 Å². The van der Waals surface area contributed by atoms with Gasteiger partial charge in [-0.1, -0.05) is 12.1 Å². The number of hydrogen-bond acceptors (Lipinski definition) is 4. The van der Waals surface area contributed by atoms with E-state index in [9.17, 15) is 9.59 Å². The molecule has 2 N–H and O–H groups in total. The predicted molar refractivity (Wildman–Crippen MR) is 109 cm³/mol. The number of carbonyl (C=O) groups is 2. The van der Waals surface area contributed by atoms with Gasteiger partial charge in [0.05, 0.1) is 31.0 Å². The molecule has 0 saturated heterocycles.